The molecule has 0 radical (unpaired) electrons. The smallest absolute Gasteiger partial charge is 0.253 e. The molecule has 3 nitrogen and oxygen atoms in total. The van der Waals surface area contributed by atoms with Crippen molar-refractivity contribution in [3.05, 3.63) is 33.8 Å². The first-order valence-electron chi connectivity index (χ1n) is 7.27. The highest BCUT2D eigenvalue weighted by molar-refractivity contribution is 9.10. The average Bonchev–Trinajstić information content (AvgIpc) is 3.07. The Morgan fingerprint density at radius 2 is 2.15 bits per heavy atom. The molecule has 0 saturated carbocycles. The number of amides is 1. The van der Waals surface area contributed by atoms with Crippen molar-refractivity contribution in [1.29, 1.82) is 0 Å². The van der Waals surface area contributed by atoms with Crippen LogP contribution in [0, 0.1) is 18.8 Å². The summed E-state index contributed by atoms with van der Waals surface area (Å²) in [6.45, 7) is 5.55. The van der Waals surface area contributed by atoms with Crippen LogP contribution in [0.15, 0.2) is 22.7 Å². The van der Waals surface area contributed by atoms with Crippen molar-refractivity contribution in [2.24, 2.45) is 11.8 Å². The number of likely N-dealkylation sites (tertiary alicyclic amines) is 1. The van der Waals surface area contributed by atoms with Crippen molar-refractivity contribution in [3.63, 3.8) is 0 Å². The van der Waals surface area contributed by atoms with Gasteiger partial charge in [0.1, 0.15) is 0 Å². The molecule has 2 saturated heterocycles. The van der Waals surface area contributed by atoms with E-state index >= 15 is 0 Å². The molecule has 2 atom stereocenters. The van der Waals surface area contributed by atoms with Crippen LogP contribution in [-0.2, 0) is 4.74 Å². The third-order valence-electron chi connectivity index (χ3n) is 4.43. The van der Waals surface area contributed by atoms with Gasteiger partial charge in [-0.3, -0.25) is 4.79 Å². The summed E-state index contributed by atoms with van der Waals surface area (Å²) in [6.07, 6.45) is 2.27. The molecule has 1 amide bonds. The summed E-state index contributed by atoms with van der Waals surface area (Å²) >= 11 is 3.47. The highest BCUT2D eigenvalue weighted by Gasteiger charge is 2.34. The van der Waals surface area contributed by atoms with Gasteiger partial charge < -0.3 is 9.64 Å². The van der Waals surface area contributed by atoms with E-state index in [1.165, 1.54) is 0 Å². The Kier molecular flexibility index (Phi) is 4.13. The summed E-state index contributed by atoms with van der Waals surface area (Å²) in [7, 11) is 0. The standard InChI is InChI=1S/C16H20BrNO2/c1-11-6-14(8-15(17)7-11)16(19)18-4-2-12(9-18)13-3-5-20-10-13/h6-8,12-13H,2-5,9-10H2,1H3/t12-,13+/m1/s1. The maximum atomic E-state index is 12.6. The second-order valence-corrected chi connectivity index (χ2v) is 6.86. The predicted molar refractivity (Wildman–Crippen MR) is 81.8 cm³/mol. The fourth-order valence-electron chi connectivity index (χ4n) is 3.32. The SMILES string of the molecule is Cc1cc(Br)cc(C(=O)N2CC[C@@H]([C@H]3CCOC3)C2)c1. The van der Waals surface area contributed by atoms with E-state index in [1.54, 1.807) is 0 Å². The van der Waals surface area contributed by atoms with Crippen LogP contribution in [0.2, 0.25) is 0 Å². The Morgan fingerprint density at radius 1 is 1.30 bits per heavy atom. The maximum absolute atomic E-state index is 12.6. The van der Waals surface area contributed by atoms with E-state index in [0.29, 0.717) is 11.8 Å². The number of nitrogens with zero attached hydrogens (tertiary/aromatic N) is 1. The summed E-state index contributed by atoms with van der Waals surface area (Å²) in [6, 6.07) is 5.92. The largest absolute Gasteiger partial charge is 0.381 e. The van der Waals surface area contributed by atoms with Gasteiger partial charge >= 0.3 is 0 Å². The van der Waals surface area contributed by atoms with Crippen molar-refractivity contribution in [2.45, 2.75) is 19.8 Å². The van der Waals surface area contributed by atoms with Gasteiger partial charge in [0, 0.05) is 36.3 Å². The number of aryl methyl sites for hydroxylation is 1. The van der Waals surface area contributed by atoms with Gasteiger partial charge in [0.05, 0.1) is 0 Å². The van der Waals surface area contributed by atoms with E-state index in [4.69, 9.17) is 4.74 Å². The number of ether oxygens (including phenoxy) is 1. The minimum Gasteiger partial charge on any atom is -0.381 e. The van der Waals surface area contributed by atoms with E-state index in [9.17, 15) is 4.79 Å². The van der Waals surface area contributed by atoms with Crippen LogP contribution in [0.5, 0.6) is 0 Å². The van der Waals surface area contributed by atoms with Gasteiger partial charge in [0.25, 0.3) is 5.91 Å². The van der Waals surface area contributed by atoms with Crippen LogP contribution in [0.4, 0.5) is 0 Å². The number of carbonyl (C=O) groups excluding carboxylic acids is 1. The number of hydrogen-bond donors (Lipinski definition) is 0. The molecule has 1 aromatic carbocycles. The zero-order chi connectivity index (χ0) is 14.1. The molecule has 0 spiro atoms. The lowest BCUT2D eigenvalue weighted by Gasteiger charge is -2.19. The minimum atomic E-state index is 0.163. The van der Waals surface area contributed by atoms with Crippen molar-refractivity contribution in [2.75, 3.05) is 26.3 Å². The summed E-state index contributed by atoms with van der Waals surface area (Å²) in [4.78, 5) is 14.6. The van der Waals surface area contributed by atoms with Crippen LogP contribution < -0.4 is 0 Å². The molecule has 20 heavy (non-hydrogen) atoms. The van der Waals surface area contributed by atoms with E-state index in [2.05, 4.69) is 15.9 Å². The van der Waals surface area contributed by atoms with E-state index in [1.807, 2.05) is 30.0 Å². The fraction of sp³-hybridized carbons (Fsp3) is 0.562. The highest BCUT2D eigenvalue weighted by atomic mass is 79.9. The third kappa shape index (κ3) is 2.91. The van der Waals surface area contributed by atoms with Crippen LogP contribution in [0.1, 0.15) is 28.8 Å². The molecular weight excluding hydrogens is 318 g/mol. The Bertz CT molecular complexity index is 491. The monoisotopic (exact) mass is 337 g/mol. The topological polar surface area (TPSA) is 29.5 Å². The third-order valence-corrected chi connectivity index (χ3v) is 4.89. The van der Waals surface area contributed by atoms with Crippen LogP contribution >= 0.6 is 15.9 Å². The molecule has 3 rings (SSSR count). The molecule has 0 N–H and O–H groups in total. The van der Waals surface area contributed by atoms with Crippen molar-refractivity contribution >= 4 is 21.8 Å². The number of benzene rings is 1. The molecule has 0 bridgehead atoms. The Balaban J connectivity index is 1.68. The second-order valence-electron chi connectivity index (χ2n) is 5.94. The van der Waals surface area contributed by atoms with Crippen LogP contribution in [-0.4, -0.2) is 37.1 Å². The molecule has 1 aromatic rings. The molecule has 2 aliphatic heterocycles. The molecule has 2 fully saturated rings. The Labute approximate surface area is 128 Å². The van der Waals surface area contributed by atoms with Gasteiger partial charge in [-0.05, 0) is 55.4 Å². The van der Waals surface area contributed by atoms with Gasteiger partial charge in [0.2, 0.25) is 0 Å². The average molecular weight is 338 g/mol. The van der Waals surface area contributed by atoms with Crippen LogP contribution in [0.25, 0.3) is 0 Å². The highest BCUT2D eigenvalue weighted by Crippen LogP contribution is 2.31. The number of hydrogen-bond acceptors (Lipinski definition) is 2. The fourth-order valence-corrected chi connectivity index (χ4v) is 3.93. The van der Waals surface area contributed by atoms with E-state index in [0.717, 1.165) is 54.7 Å². The second kappa shape index (κ2) is 5.86. The predicted octanol–water partition coefficient (Wildman–Crippen LogP) is 3.26. The first-order valence-corrected chi connectivity index (χ1v) is 8.07. The Morgan fingerprint density at radius 3 is 2.85 bits per heavy atom. The van der Waals surface area contributed by atoms with Crippen molar-refractivity contribution < 1.29 is 9.53 Å². The quantitative estimate of drug-likeness (QED) is 0.828. The lowest BCUT2D eigenvalue weighted by Crippen LogP contribution is -2.30. The molecule has 2 aliphatic rings. The molecule has 0 unspecified atom stereocenters. The van der Waals surface area contributed by atoms with Gasteiger partial charge in [0.15, 0.2) is 0 Å². The number of halogens is 1. The maximum Gasteiger partial charge on any atom is 0.253 e. The molecular formula is C16H20BrNO2. The van der Waals surface area contributed by atoms with Gasteiger partial charge in [-0.1, -0.05) is 15.9 Å². The number of carbonyl (C=O) groups is 1. The van der Waals surface area contributed by atoms with Gasteiger partial charge in [-0.25, -0.2) is 0 Å². The Hall–Kier alpha value is -0.870. The zero-order valence-corrected chi connectivity index (χ0v) is 13.4. The van der Waals surface area contributed by atoms with Crippen molar-refractivity contribution in [3.8, 4) is 0 Å². The molecule has 108 valence electrons. The molecule has 2 heterocycles. The molecule has 0 aliphatic carbocycles. The van der Waals surface area contributed by atoms with Gasteiger partial charge in [-0.2, -0.15) is 0 Å². The lowest BCUT2D eigenvalue weighted by atomic mass is 9.91. The lowest BCUT2D eigenvalue weighted by molar-refractivity contribution is 0.0780. The zero-order valence-electron chi connectivity index (χ0n) is 11.8. The normalized spacial score (nSPS) is 26.2. The summed E-state index contributed by atoms with van der Waals surface area (Å²) in [5.74, 6) is 1.43. The van der Waals surface area contributed by atoms with E-state index < -0.39 is 0 Å². The summed E-state index contributed by atoms with van der Waals surface area (Å²) in [5.41, 5.74) is 1.91. The minimum absolute atomic E-state index is 0.163. The van der Waals surface area contributed by atoms with Gasteiger partial charge in [-0.15, -0.1) is 0 Å². The van der Waals surface area contributed by atoms with Crippen molar-refractivity contribution in [1.82, 2.24) is 4.90 Å². The summed E-state index contributed by atoms with van der Waals surface area (Å²) in [5, 5.41) is 0. The van der Waals surface area contributed by atoms with Crippen LogP contribution in [0.3, 0.4) is 0 Å². The molecule has 4 heteroatoms. The number of rotatable bonds is 2. The first kappa shape index (κ1) is 14.1. The first-order chi connectivity index (χ1) is 9.63. The summed E-state index contributed by atoms with van der Waals surface area (Å²) < 4.78 is 6.44. The van der Waals surface area contributed by atoms with E-state index in [-0.39, 0.29) is 5.91 Å². The molecule has 0 aromatic heterocycles.